The third-order valence-corrected chi connectivity index (χ3v) is 3.17. The molecular formula is C14H20N4. The van der Waals surface area contributed by atoms with Gasteiger partial charge >= 0.3 is 0 Å². The predicted octanol–water partition coefficient (Wildman–Crippen LogP) is 1.99. The Morgan fingerprint density at radius 2 is 1.83 bits per heavy atom. The van der Waals surface area contributed by atoms with Crippen molar-refractivity contribution in [1.82, 2.24) is 4.98 Å². The summed E-state index contributed by atoms with van der Waals surface area (Å²) in [5.41, 5.74) is 11.1. The van der Waals surface area contributed by atoms with E-state index in [1.807, 2.05) is 24.4 Å². The van der Waals surface area contributed by atoms with Gasteiger partial charge in [-0.1, -0.05) is 0 Å². The molecule has 0 saturated carbocycles. The highest BCUT2D eigenvalue weighted by Gasteiger charge is 2.15. The summed E-state index contributed by atoms with van der Waals surface area (Å²) in [5.74, 6) is 1.11. The van der Waals surface area contributed by atoms with Crippen molar-refractivity contribution in [3.05, 3.63) is 30.5 Å². The van der Waals surface area contributed by atoms with Gasteiger partial charge in [0.2, 0.25) is 0 Å². The molecule has 0 atom stereocenters. The Labute approximate surface area is 108 Å². The minimum Gasteiger partial charge on any atom is -0.399 e. The molecule has 0 radical (unpaired) electrons. The molecule has 1 aliphatic rings. The highest BCUT2D eigenvalue weighted by molar-refractivity contribution is 5.94. The van der Waals surface area contributed by atoms with Crippen molar-refractivity contribution in [1.29, 1.82) is 0 Å². The molecule has 0 spiro atoms. The van der Waals surface area contributed by atoms with E-state index in [1.165, 1.54) is 30.7 Å². The lowest BCUT2D eigenvalue weighted by Crippen LogP contribution is -2.19. The summed E-state index contributed by atoms with van der Waals surface area (Å²) in [6.07, 6.45) is 4.41. The molecule has 3 rings (SSSR count). The van der Waals surface area contributed by atoms with E-state index in [9.17, 15) is 0 Å². The number of aromatic nitrogens is 1. The number of rotatable bonds is 1. The van der Waals surface area contributed by atoms with Gasteiger partial charge in [0.25, 0.3) is 0 Å². The highest BCUT2D eigenvalue weighted by atomic mass is 15.2. The topological polar surface area (TPSA) is 68.2 Å². The van der Waals surface area contributed by atoms with E-state index in [0.29, 0.717) is 0 Å². The number of nitrogens with two attached hydrogens (primary N) is 2. The van der Waals surface area contributed by atoms with Gasteiger partial charge in [-0.15, -0.1) is 0 Å². The number of anilines is 2. The molecule has 4 nitrogen and oxygen atoms in total. The second-order valence-electron chi connectivity index (χ2n) is 4.31. The van der Waals surface area contributed by atoms with Crippen LogP contribution >= 0.6 is 0 Å². The van der Waals surface area contributed by atoms with Crippen LogP contribution in [0.2, 0.25) is 0 Å². The first-order chi connectivity index (χ1) is 8.84. The summed E-state index contributed by atoms with van der Waals surface area (Å²) < 4.78 is 0. The zero-order chi connectivity index (χ0) is 13.0. The van der Waals surface area contributed by atoms with E-state index < -0.39 is 0 Å². The molecule has 4 N–H and O–H groups in total. The summed E-state index contributed by atoms with van der Waals surface area (Å²) in [6, 6.07) is 8.05. The quantitative estimate of drug-likeness (QED) is 0.753. The Kier molecular flexibility index (Phi) is 3.99. The lowest BCUT2D eigenvalue weighted by molar-refractivity contribution is 0.946. The fourth-order valence-electron chi connectivity index (χ4n) is 2.36. The SMILES string of the molecule is CN.Nc1ccc2c(N3CCCC3)nccc2c1. The molecule has 2 heterocycles. The average Bonchev–Trinajstić information content (AvgIpc) is 2.94. The fraction of sp³-hybridized carbons (Fsp3) is 0.357. The number of hydrogen-bond acceptors (Lipinski definition) is 4. The van der Waals surface area contributed by atoms with Crippen molar-refractivity contribution >= 4 is 22.3 Å². The van der Waals surface area contributed by atoms with E-state index in [4.69, 9.17) is 5.73 Å². The third-order valence-electron chi connectivity index (χ3n) is 3.17. The second-order valence-corrected chi connectivity index (χ2v) is 4.31. The number of nitrogens with zero attached hydrogens (tertiary/aromatic N) is 2. The fourth-order valence-corrected chi connectivity index (χ4v) is 2.36. The van der Waals surface area contributed by atoms with Gasteiger partial charge in [-0.05, 0) is 49.5 Å². The van der Waals surface area contributed by atoms with Crippen molar-refractivity contribution in [2.24, 2.45) is 5.73 Å². The highest BCUT2D eigenvalue weighted by Crippen LogP contribution is 2.28. The van der Waals surface area contributed by atoms with Gasteiger partial charge in [0.05, 0.1) is 0 Å². The zero-order valence-electron chi connectivity index (χ0n) is 10.8. The van der Waals surface area contributed by atoms with Crippen LogP contribution in [-0.2, 0) is 0 Å². The molecule has 1 saturated heterocycles. The van der Waals surface area contributed by atoms with E-state index in [0.717, 1.165) is 24.6 Å². The van der Waals surface area contributed by atoms with Crippen LogP contribution in [0.4, 0.5) is 11.5 Å². The molecule has 18 heavy (non-hydrogen) atoms. The lowest BCUT2D eigenvalue weighted by atomic mass is 10.1. The number of pyridine rings is 1. The Bertz CT molecular complexity index is 518. The van der Waals surface area contributed by atoms with Crippen LogP contribution < -0.4 is 16.4 Å². The maximum atomic E-state index is 5.79. The van der Waals surface area contributed by atoms with Crippen LogP contribution in [0.5, 0.6) is 0 Å². The van der Waals surface area contributed by atoms with Gasteiger partial charge in [0, 0.05) is 30.4 Å². The van der Waals surface area contributed by atoms with Gasteiger partial charge in [0.15, 0.2) is 0 Å². The summed E-state index contributed by atoms with van der Waals surface area (Å²) >= 11 is 0. The summed E-state index contributed by atoms with van der Waals surface area (Å²) in [7, 11) is 1.50. The second kappa shape index (κ2) is 5.69. The largest absolute Gasteiger partial charge is 0.399 e. The summed E-state index contributed by atoms with van der Waals surface area (Å²) in [5, 5.41) is 2.38. The monoisotopic (exact) mass is 244 g/mol. The summed E-state index contributed by atoms with van der Waals surface area (Å²) in [4.78, 5) is 6.86. The number of hydrogen-bond donors (Lipinski definition) is 2. The van der Waals surface area contributed by atoms with E-state index >= 15 is 0 Å². The smallest absolute Gasteiger partial charge is 0.136 e. The molecule has 96 valence electrons. The van der Waals surface area contributed by atoms with Crippen LogP contribution in [0.1, 0.15) is 12.8 Å². The number of fused-ring (bicyclic) bond motifs is 1. The zero-order valence-corrected chi connectivity index (χ0v) is 10.8. The van der Waals surface area contributed by atoms with E-state index in [2.05, 4.69) is 21.7 Å². The molecule has 1 aromatic heterocycles. The number of benzene rings is 1. The average molecular weight is 244 g/mol. The van der Waals surface area contributed by atoms with Crippen LogP contribution in [0.15, 0.2) is 30.5 Å². The van der Waals surface area contributed by atoms with Crippen molar-refractivity contribution in [3.63, 3.8) is 0 Å². The van der Waals surface area contributed by atoms with Crippen LogP contribution in [0.25, 0.3) is 10.8 Å². The molecular weight excluding hydrogens is 224 g/mol. The minimum absolute atomic E-state index is 0.811. The van der Waals surface area contributed by atoms with Gasteiger partial charge in [0.1, 0.15) is 5.82 Å². The first kappa shape index (κ1) is 12.6. The molecule has 0 aliphatic carbocycles. The molecule has 0 amide bonds. The van der Waals surface area contributed by atoms with E-state index in [-0.39, 0.29) is 0 Å². The van der Waals surface area contributed by atoms with Crippen molar-refractivity contribution < 1.29 is 0 Å². The van der Waals surface area contributed by atoms with Crippen molar-refractivity contribution in [2.45, 2.75) is 12.8 Å². The van der Waals surface area contributed by atoms with Gasteiger partial charge in [-0.2, -0.15) is 0 Å². The van der Waals surface area contributed by atoms with Crippen LogP contribution in [0.3, 0.4) is 0 Å². The molecule has 0 unspecified atom stereocenters. The maximum Gasteiger partial charge on any atom is 0.136 e. The molecule has 2 aromatic rings. The molecule has 4 heteroatoms. The first-order valence-corrected chi connectivity index (χ1v) is 6.31. The Hall–Kier alpha value is -1.81. The molecule has 1 aliphatic heterocycles. The van der Waals surface area contributed by atoms with Crippen molar-refractivity contribution in [2.75, 3.05) is 30.8 Å². The predicted molar refractivity (Wildman–Crippen MR) is 77.7 cm³/mol. The van der Waals surface area contributed by atoms with Gasteiger partial charge < -0.3 is 16.4 Å². The van der Waals surface area contributed by atoms with Crippen LogP contribution in [-0.4, -0.2) is 25.1 Å². The Morgan fingerprint density at radius 3 is 2.56 bits per heavy atom. The molecule has 1 aromatic carbocycles. The first-order valence-electron chi connectivity index (χ1n) is 6.31. The van der Waals surface area contributed by atoms with Crippen LogP contribution in [0, 0.1) is 0 Å². The maximum absolute atomic E-state index is 5.79. The summed E-state index contributed by atoms with van der Waals surface area (Å²) in [6.45, 7) is 2.24. The minimum atomic E-state index is 0.811. The molecule has 0 bridgehead atoms. The molecule has 1 fully saturated rings. The van der Waals surface area contributed by atoms with Gasteiger partial charge in [-0.25, -0.2) is 4.98 Å². The Morgan fingerprint density at radius 1 is 1.11 bits per heavy atom. The number of nitrogen functional groups attached to an aromatic ring is 1. The van der Waals surface area contributed by atoms with Crippen molar-refractivity contribution in [3.8, 4) is 0 Å². The lowest BCUT2D eigenvalue weighted by Gasteiger charge is -2.18. The standard InChI is InChI=1S/C13H15N3.CH5N/c14-11-3-4-12-10(9-11)5-6-15-13(12)16-7-1-2-8-16;1-2/h3-6,9H,1-2,7-8,14H2;2H2,1H3. The van der Waals surface area contributed by atoms with E-state index in [1.54, 1.807) is 0 Å². The van der Waals surface area contributed by atoms with Gasteiger partial charge in [-0.3, -0.25) is 0 Å². The normalized spacial score (nSPS) is 14.4. The third kappa shape index (κ3) is 2.38. The Balaban J connectivity index is 0.000000574.